The topological polar surface area (TPSA) is 93.8 Å². The van der Waals surface area contributed by atoms with Crippen LogP contribution in [-0.4, -0.2) is 37.2 Å². The molecule has 2 heterocycles. The van der Waals surface area contributed by atoms with Crippen LogP contribution in [0.4, 0.5) is 11.5 Å². The van der Waals surface area contributed by atoms with Gasteiger partial charge in [0.05, 0.1) is 29.8 Å². The van der Waals surface area contributed by atoms with Gasteiger partial charge in [0.15, 0.2) is 17.5 Å². The van der Waals surface area contributed by atoms with E-state index in [9.17, 15) is 0 Å². The number of guanidine groups is 1. The number of pyridine rings is 1. The first-order valence-corrected chi connectivity index (χ1v) is 8.89. The van der Waals surface area contributed by atoms with Crippen LogP contribution in [0, 0.1) is 0 Å². The Morgan fingerprint density at radius 2 is 2.00 bits per heavy atom. The molecule has 0 amide bonds. The summed E-state index contributed by atoms with van der Waals surface area (Å²) in [5.41, 5.74) is 6.71. The number of nitrogens with one attached hydrogen (secondary N) is 2. The number of hydrogen-bond donors (Lipinski definition) is 3. The summed E-state index contributed by atoms with van der Waals surface area (Å²) >= 11 is 11.9. The van der Waals surface area contributed by atoms with E-state index in [0.29, 0.717) is 53.9 Å². The Morgan fingerprint density at radius 3 is 2.81 bits per heavy atom. The summed E-state index contributed by atoms with van der Waals surface area (Å²) in [7, 11) is 0. The van der Waals surface area contributed by atoms with Crippen LogP contribution in [0.2, 0.25) is 10.0 Å². The number of rotatable bonds is 5. The van der Waals surface area contributed by atoms with Gasteiger partial charge in [-0.2, -0.15) is 0 Å². The van der Waals surface area contributed by atoms with E-state index in [1.165, 1.54) is 6.20 Å². The van der Waals surface area contributed by atoms with Crippen LogP contribution >= 0.6 is 23.2 Å². The molecule has 0 radical (unpaired) electrons. The van der Waals surface area contributed by atoms with Gasteiger partial charge in [0, 0.05) is 30.9 Å². The van der Waals surface area contributed by atoms with Gasteiger partial charge in [0.2, 0.25) is 0 Å². The molecule has 0 unspecified atom stereocenters. The maximum atomic E-state index is 6.04. The summed E-state index contributed by atoms with van der Waals surface area (Å²) in [5.74, 6) is 2.29. The van der Waals surface area contributed by atoms with E-state index in [2.05, 4.69) is 20.6 Å². The Balaban J connectivity index is 1.51. The van der Waals surface area contributed by atoms with Crippen LogP contribution in [-0.2, 0) is 0 Å². The van der Waals surface area contributed by atoms with Crippen molar-refractivity contribution in [3.8, 4) is 11.5 Å². The number of fused-ring (bicyclic) bond motifs is 1. The number of halogens is 2. The number of hydrogen-bond acceptors (Lipinski definition) is 5. The Morgan fingerprint density at radius 1 is 1.19 bits per heavy atom. The highest BCUT2D eigenvalue weighted by atomic mass is 35.5. The molecule has 2 aromatic rings. The predicted molar refractivity (Wildman–Crippen MR) is 105 cm³/mol. The summed E-state index contributed by atoms with van der Waals surface area (Å²) in [5, 5.41) is 7.06. The lowest BCUT2D eigenvalue weighted by Gasteiger charge is -2.11. The second-order valence-corrected chi connectivity index (χ2v) is 6.36. The fourth-order valence-electron chi connectivity index (χ4n) is 2.32. The zero-order chi connectivity index (χ0) is 18.4. The standard InChI is InChI=1S/C17H19Cl2N5O2/c18-11-8-13(19)16(23-10-11)21-4-5-22-17(20)24-12-2-3-14-15(9-12)26-7-1-6-25-14/h2-3,8-10H,1,4-7H2,(H,21,23)(H3,20,22,24). The number of aromatic nitrogens is 1. The molecule has 0 saturated carbocycles. The molecule has 9 heteroatoms. The van der Waals surface area contributed by atoms with E-state index in [-0.39, 0.29) is 0 Å². The predicted octanol–water partition coefficient (Wildman–Crippen LogP) is 3.39. The minimum atomic E-state index is 0.302. The molecule has 0 fully saturated rings. The van der Waals surface area contributed by atoms with Crippen molar-refractivity contribution in [2.75, 3.05) is 36.9 Å². The van der Waals surface area contributed by atoms with Gasteiger partial charge in [-0.25, -0.2) is 4.98 Å². The first kappa shape index (κ1) is 18.4. The van der Waals surface area contributed by atoms with Crippen molar-refractivity contribution in [3.63, 3.8) is 0 Å². The largest absolute Gasteiger partial charge is 0.490 e. The number of benzene rings is 1. The van der Waals surface area contributed by atoms with Crippen LogP contribution in [0.1, 0.15) is 6.42 Å². The van der Waals surface area contributed by atoms with Crippen molar-refractivity contribution in [1.82, 2.24) is 4.98 Å². The third-order valence-electron chi connectivity index (χ3n) is 3.51. The zero-order valence-electron chi connectivity index (χ0n) is 14.0. The summed E-state index contributed by atoms with van der Waals surface area (Å²) < 4.78 is 11.3. The first-order chi connectivity index (χ1) is 12.6. The quantitative estimate of drug-likeness (QED) is 0.408. The van der Waals surface area contributed by atoms with Crippen LogP contribution in [0.25, 0.3) is 0 Å². The monoisotopic (exact) mass is 395 g/mol. The normalized spacial score (nSPS) is 13.8. The smallest absolute Gasteiger partial charge is 0.193 e. The third kappa shape index (κ3) is 5.06. The Bertz CT molecular complexity index is 801. The van der Waals surface area contributed by atoms with Gasteiger partial charge in [0.25, 0.3) is 0 Å². The maximum Gasteiger partial charge on any atom is 0.193 e. The zero-order valence-corrected chi connectivity index (χ0v) is 15.5. The molecular formula is C17H19Cl2N5O2. The van der Waals surface area contributed by atoms with Crippen LogP contribution in [0.15, 0.2) is 35.5 Å². The average molecular weight is 396 g/mol. The van der Waals surface area contributed by atoms with Crippen molar-refractivity contribution in [2.24, 2.45) is 10.7 Å². The molecular weight excluding hydrogens is 377 g/mol. The Kier molecular flexibility index (Phi) is 6.25. The number of anilines is 2. The number of nitrogens with zero attached hydrogens (tertiary/aromatic N) is 2. The molecule has 1 aliphatic heterocycles. The van der Waals surface area contributed by atoms with E-state index < -0.39 is 0 Å². The molecule has 1 aliphatic rings. The number of aliphatic imine (C=N–C) groups is 1. The highest BCUT2D eigenvalue weighted by Gasteiger charge is 2.10. The molecule has 0 spiro atoms. The van der Waals surface area contributed by atoms with E-state index in [1.54, 1.807) is 6.07 Å². The van der Waals surface area contributed by atoms with E-state index in [1.807, 2.05) is 18.2 Å². The lowest BCUT2D eigenvalue weighted by atomic mass is 10.3. The summed E-state index contributed by atoms with van der Waals surface area (Å²) in [6, 6.07) is 7.19. The van der Waals surface area contributed by atoms with Gasteiger partial charge >= 0.3 is 0 Å². The molecule has 4 N–H and O–H groups in total. The van der Waals surface area contributed by atoms with Gasteiger partial charge in [-0.1, -0.05) is 23.2 Å². The lowest BCUT2D eigenvalue weighted by Crippen LogP contribution is -2.23. The second-order valence-electron chi connectivity index (χ2n) is 5.51. The summed E-state index contributed by atoms with van der Waals surface area (Å²) in [6.45, 7) is 2.26. The first-order valence-electron chi connectivity index (χ1n) is 8.13. The summed E-state index contributed by atoms with van der Waals surface area (Å²) in [6.07, 6.45) is 2.39. The van der Waals surface area contributed by atoms with E-state index in [0.717, 1.165) is 17.9 Å². The SMILES string of the molecule is NC(=NCCNc1ncc(Cl)cc1Cl)Nc1ccc2c(c1)OCCCO2. The Hall–Kier alpha value is -2.38. The highest BCUT2D eigenvalue weighted by Crippen LogP contribution is 2.32. The Labute approximate surface area is 161 Å². The minimum absolute atomic E-state index is 0.302. The molecule has 0 bridgehead atoms. The van der Waals surface area contributed by atoms with Crippen LogP contribution < -0.4 is 25.8 Å². The van der Waals surface area contributed by atoms with Crippen molar-refractivity contribution < 1.29 is 9.47 Å². The summed E-state index contributed by atoms with van der Waals surface area (Å²) in [4.78, 5) is 8.38. The molecule has 7 nitrogen and oxygen atoms in total. The molecule has 1 aromatic carbocycles. The van der Waals surface area contributed by atoms with Gasteiger partial charge in [-0.3, -0.25) is 4.99 Å². The fraction of sp³-hybridized carbons (Fsp3) is 0.294. The molecule has 0 aliphatic carbocycles. The van der Waals surface area contributed by atoms with Crippen LogP contribution in [0.3, 0.4) is 0 Å². The highest BCUT2D eigenvalue weighted by molar-refractivity contribution is 6.35. The number of nitrogens with two attached hydrogens (primary N) is 1. The molecule has 26 heavy (non-hydrogen) atoms. The second kappa shape index (κ2) is 8.82. The van der Waals surface area contributed by atoms with Gasteiger partial charge in [-0.05, 0) is 18.2 Å². The van der Waals surface area contributed by atoms with E-state index >= 15 is 0 Å². The number of ether oxygens (including phenoxy) is 2. The molecule has 1 aromatic heterocycles. The van der Waals surface area contributed by atoms with Crippen molar-refractivity contribution in [2.45, 2.75) is 6.42 Å². The molecule has 0 saturated heterocycles. The van der Waals surface area contributed by atoms with Gasteiger partial charge in [0.1, 0.15) is 5.82 Å². The van der Waals surface area contributed by atoms with Gasteiger partial charge in [-0.15, -0.1) is 0 Å². The van der Waals surface area contributed by atoms with Crippen LogP contribution in [0.5, 0.6) is 11.5 Å². The third-order valence-corrected chi connectivity index (χ3v) is 4.01. The fourth-order valence-corrected chi connectivity index (χ4v) is 2.77. The maximum absolute atomic E-state index is 6.04. The van der Waals surface area contributed by atoms with Crippen molar-refractivity contribution >= 4 is 40.7 Å². The lowest BCUT2D eigenvalue weighted by molar-refractivity contribution is 0.297. The van der Waals surface area contributed by atoms with Gasteiger partial charge < -0.3 is 25.8 Å². The van der Waals surface area contributed by atoms with E-state index in [4.69, 9.17) is 38.4 Å². The minimum Gasteiger partial charge on any atom is -0.490 e. The molecule has 138 valence electrons. The van der Waals surface area contributed by atoms with Crippen molar-refractivity contribution in [3.05, 3.63) is 40.5 Å². The molecule has 0 atom stereocenters. The average Bonchev–Trinajstić information content (AvgIpc) is 2.85. The van der Waals surface area contributed by atoms with Crippen molar-refractivity contribution in [1.29, 1.82) is 0 Å². The molecule has 3 rings (SSSR count).